The molecule has 4 rings (SSSR count). The van der Waals surface area contributed by atoms with Crippen molar-refractivity contribution in [1.29, 1.82) is 0 Å². The topological polar surface area (TPSA) is 129 Å². The van der Waals surface area contributed by atoms with Gasteiger partial charge in [-0.05, 0) is 42.3 Å². The van der Waals surface area contributed by atoms with E-state index in [1.165, 1.54) is 11.8 Å². The van der Waals surface area contributed by atoms with Crippen LogP contribution >= 0.6 is 23.4 Å². The van der Waals surface area contributed by atoms with E-state index in [4.69, 9.17) is 35.7 Å². The Morgan fingerprint density at radius 2 is 1.89 bits per heavy atom. The molecule has 2 N–H and O–H groups in total. The first-order valence-corrected chi connectivity index (χ1v) is 11.7. The minimum atomic E-state index is -1.47. The maximum atomic E-state index is 11.5. The molecular formula is C23H21ClN2O8S. The maximum absolute atomic E-state index is 11.5. The molecule has 12 heteroatoms. The molecule has 0 radical (unpaired) electrons. The summed E-state index contributed by atoms with van der Waals surface area (Å²) in [6.45, 7) is 1.86. The van der Waals surface area contributed by atoms with Crippen LogP contribution in [0.4, 0.5) is 4.79 Å². The average Bonchev–Trinajstić information content (AvgIpc) is 3.38. The van der Waals surface area contributed by atoms with E-state index in [9.17, 15) is 14.7 Å². The first-order chi connectivity index (χ1) is 16.8. The molecule has 35 heavy (non-hydrogen) atoms. The number of benzene rings is 2. The first kappa shape index (κ1) is 24.6. The van der Waals surface area contributed by atoms with Crippen molar-refractivity contribution in [2.24, 2.45) is 0 Å². The van der Waals surface area contributed by atoms with Crippen LogP contribution in [-0.4, -0.2) is 45.3 Å². The van der Waals surface area contributed by atoms with E-state index >= 15 is 0 Å². The van der Waals surface area contributed by atoms with E-state index in [2.05, 4.69) is 4.98 Å². The van der Waals surface area contributed by atoms with E-state index in [-0.39, 0.29) is 19.2 Å². The van der Waals surface area contributed by atoms with Crippen molar-refractivity contribution in [1.82, 2.24) is 9.55 Å². The first-order valence-electron chi connectivity index (χ1n) is 10.5. The number of aliphatic carboxylic acids is 1. The van der Waals surface area contributed by atoms with Crippen molar-refractivity contribution in [3.05, 3.63) is 52.8 Å². The molecule has 0 spiro atoms. The second kappa shape index (κ2) is 10.8. The number of hydrogen-bond acceptors (Lipinski definition) is 8. The van der Waals surface area contributed by atoms with Crippen molar-refractivity contribution in [3.63, 3.8) is 0 Å². The van der Waals surface area contributed by atoms with Crippen LogP contribution in [-0.2, 0) is 17.8 Å². The molecule has 0 fully saturated rings. The molecule has 0 bridgehead atoms. The van der Waals surface area contributed by atoms with Crippen molar-refractivity contribution >= 4 is 35.5 Å². The fourth-order valence-electron chi connectivity index (χ4n) is 3.39. The Hall–Kier alpha value is -3.57. The molecule has 1 aromatic heterocycles. The van der Waals surface area contributed by atoms with Crippen LogP contribution in [0.3, 0.4) is 0 Å². The predicted octanol–water partition coefficient (Wildman–Crippen LogP) is 4.94. The number of carboxylic acids is 1. The van der Waals surface area contributed by atoms with Crippen LogP contribution in [0.1, 0.15) is 24.7 Å². The lowest BCUT2D eigenvalue weighted by atomic mass is 10.2. The van der Waals surface area contributed by atoms with Crippen LogP contribution in [0.2, 0.25) is 5.02 Å². The smallest absolute Gasteiger partial charge is 0.482 e. The van der Waals surface area contributed by atoms with Crippen LogP contribution in [0, 0.1) is 0 Å². The van der Waals surface area contributed by atoms with Crippen molar-refractivity contribution in [2.75, 3.05) is 13.4 Å². The molecule has 0 unspecified atom stereocenters. The molecule has 1 aliphatic rings. The van der Waals surface area contributed by atoms with Crippen LogP contribution in [0.5, 0.6) is 23.1 Å². The molecule has 3 aromatic rings. The summed E-state index contributed by atoms with van der Waals surface area (Å²) in [6.07, 6.45) is -0.107. The molecule has 184 valence electrons. The summed E-state index contributed by atoms with van der Waals surface area (Å²) in [5, 5.41) is 19.0. The zero-order chi connectivity index (χ0) is 24.9. The molecule has 1 aliphatic heterocycles. The summed E-state index contributed by atoms with van der Waals surface area (Å²) in [7, 11) is 0. The summed E-state index contributed by atoms with van der Waals surface area (Å²) >= 11 is 7.68. The third kappa shape index (κ3) is 5.92. The highest BCUT2D eigenvalue weighted by atomic mass is 35.5. The summed E-state index contributed by atoms with van der Waals surface area (Å²) < 4.78 is 22.8. The molecule has 0 aliphatic carbocycles. The average molecular weight is 521 g/mol. The number of aryl methyl sites for hydroxylation is 1. The Morgan fingerprint density at radius 3 is 2.54 bits per heavy atom. The fourth-order valence-corrected chi connectivity index (χ4v) is 4.49. The van der Waals surface area contributed by atoms with Crippen molar-refractivity contribution in [2.45, 2.75) is 36.2 Å². The third-order valence-corrected chi connectivity index (χ3v) is 6.22. The lowest BCUT2D eigenvalue weighted by molar-refractivity contribution is -0.139. The van der Waals surface area contributed by atoms with E-state index in [1.54, 1.807) is 41.0 Å². The van der Waals surface area contributed by atoms with E-state index in [0.29, 0.717) is 45.1 Å². The van der Waals surface area contributed by atoms with Gasteiger partial charge in [0.1, 0.15) is 11.6 Å². The molecule has 0 amide bonds. The van der Waals surface area contributed by atoms with Crippen molar-refractivity contribution in [3.8, 4) is 23.1 Å². The van der Waals surface area contributed by atoms with Crippen LogP contribution in [0.15, 0.2) is 46.3 Å². The largest absolute Gasteiger partial charge is 0.512 e. The van der Waals surface area contributed by atoms with Gasteiger partial charge in [0.2, 0.25) is 12.7 Å². The minimum absolute atomic E-state index is 0.0749. The van der Waals surface area contributed by atoms with Gasteiger partial charge in [0.05, 0.1) is 6.54 Å². The van der Waals surface area contributed by atoms with Gasteiger partial charge in [-0.2, -0.15) is 0 Å². The number of ether oxygens (including phenoxy) is 4. The minimum Gasteiger partial charge on any atom is -0.482 e. The Bertz CT molecular complexity index is 1250. The van der Waals surface area contributed by atoms with E-state index in [1.807, 2.05) is 6.92 Å². The zero-order valence-corrected chi connectivity index (χ0v) is 20.1. The highest BCUT2D eigenvalue weighted by Crippen LogP contribution is 2.40. The molecule has 0 saturated carbocycles. The SMILES string of the molecule is CCCc1nc(Sc2ccc(OCC(=O)O)cc2)c(OC(=O)O)n1Cc1cc2c(cc1Cl)OCO2. The third-order valence-electron chi connectivity index (χ3n) is 4.90. The van der Waals surface area contributed by atoms with Gasteiger partial charge in [0.25, 0.3) is 0 Å². The number of carboxylic acid groups (broad SMARTS) is 2. The Balaban J connectivity index is 1.66. The maximum Gasteiger partial charge on any atom is 0.512 e. The highest BCUT2D eigenvalue weighted by molar-refractivity contribution is 7.99. The lowest BCUT2D eigenvalue weighted by Gasteiger charge is -2.13. The zero-order valence-electron chi connectivity index (χ0n) is 18.5. The quantitative estimate of drug-likeness (QED) is 0.354. The molecule has 2 aromatic carbocycles. The number of rotatable bonds is 10. The van der Waals surface area contributed by atoms with Crippen LogP contribution < -0.4 is 18.9 Å². The van der Waals surface area contributed by atoms with E-state index in [0.717, 1.165) is 11.3 Å². The summed E-state index contributed by atoms with van der Waals surface area (Å²) in [4.78, 5) is 27.6. The number of imidazole rings is 1. The van der Waals surface area contributed by atoms with Gasteiger partial charge in [-0.25, -0.2) is 14.6 Å². The van der Waals surface area contributed by atoms with Gasteiger partial charge in [-0.3, -0.25) is 4.57 Å². The summed E-state index contributed by atoms with van der Waals surface area (Å²) in [5.74, 6) is 1.14. The predicted molar refractivity (Wildman–Crippen MR) is 125 cm³/mol. The highest BCUT2D eigenvalue weighted by Gasteiger charge is 2.24. The number of aromatic nitrogens is 2. The van der Waals surface area contributed by atoms with Gasteiger partial charge < -0.3 is 29.2 Å². The fraction of sp³-hybridized carbons (Fsp3) is 0.261. The van der Waals surface area contributed by atoms with Gasteiger partial charge >= 0.3 is 12.1 Å². The monoisotopic (exact) mass is 520 g/mol. The molecule has 10 nitrogen and oxygen atoms in total. The Labute approximate surface area is 209 Å². The van der Waals surface area contributed by atoms with Gasteiger partial charge in [-0.15, -0.1) is 0 Å². The van der Waals surface area contributed by atoms with Gasteiger partial charge in [0.15, 0.2) is 23.1 Å². The second-order valence-electron chi connectivity index (χ2n) is 7.40. The number of nitrogens with zero attached hydrogens (tertiary/aromatic N) is 2. The normalized spacial score (nSPS) is 11.9. The van der Waals surface area contributed by atoms with Crippen molar-refractivity contribution < 1.29 is 38.7 Å². The number of carbonyl (C=O) groups is 2. The van der Waals surface area contributed by atoms with Gasteiger partial charge in [0, 0.05) is 22.4 Å². The molecule has 0 saturated heterocycles. The second-order valence-corrected chi connectivity index (χ2v) is 8.86. The number of halogens is 1. The van der Waals surface area contributed by atoms with E-state index < -0.39 is 18.7 Å². The Morgan fingerprint density at radius 1 is 1.17 bits per heavy atom. The Kier molecular flexibility index (Phi) is 7.57. The molecular weight excluding hydrogens is 500 g/mol. The summed E-state index contributed by atoms with van der Waals surface area (Å²) in [6, 6.07) is 10.1. The summed E-state index contributed by atoms with van der Waals surface area (Å²) in [5.41, 5.74) is 0.692. The van der Waals surface area contributed by atoms with Crippen LogP contribution in [0.25, 0.3) is 0 Å². The van der Waals surface area contributed by atoms with Gasteiger partial charge in [-0.1, -0.05) is 30.3 Å². The standard InChI is InChI=1S/C23H21ClN2O8S/c1-2-3-19-25-21(35-15-6-4-14(5-7-15)31-11-20(27)28)22(34-23(29)30)26(19)10-13-8-17-18(9-16(13)24)33-12-32-17/h4-9H,2-3,10-12H2,1H3,(H,27,28)(H,29,30). The number of hydrogen-bond donors (Lipinski definition) is 2. The molecule has 0 atom stereocenters. The number of fused-ring (bicyclic) bond motifs is 1. The molecule has 2 heterocycles. The lowest BCUT2D eigenvalue weighted by Crippen LogP contribution is -2.12.